The number of methoxy groups -OCH3 is 1. The number of rotatable bonds is 10. The molecule has 0 bridgehead atoms. The number of nitrogens with zero attached hydrogens (tertiary/aromatic N) is 1. The summed E-state index contributed by atoms with van der Waals surface area (Å²) in [6.07, 6.45) is 4.75. The summed E-state index contributed by atoms with van der Waals surface area (Å²) in [5.74, 6) is 0.475. The minimum atomic E-state index is -0.423. The smallest absolute Gasteiger partial charge is 0.325 e. The van der Waals surface area contributed by atoms with Gasteiger partial charge in [-0.25, -0.2) is 0 Å². The highest BCUT2D eigenvalue weighted by molar-refractivity contribution is 5.94. The van der Waals surface area contributed by atoms with Gasteiger partial charge in [0, 0.05) is 12.1 Å². The molecule has 0 heterocycles. The maximum Gasteiger partial charge on any atom is 0.325 e. The van der Waals surface area contributed by atoms with E-state index in [2.05, 4.69) is 6.58 Å². The van der Waals surface area contributed by atoms with Crippen LogP contribution >= 0.6 is 0 Å². The molecule has 26 heavy (non-hydrogen) atoms. The molecule has 0 saturated heterocycles. The molecule has 1 amide bonds. The Morgan fingerprint density at radius 1 is 1.27 bits per heavy atom. The first kappa shape index (κ1) is 21.3. The molecule has 0 aliphatic heterocycles. The van der Waals surface area contributed by atoms with Gasteiger partial charge in [0.25, 0.3) is 0 Å². The van der Waals surface area contributed by atoms with Crippen LogP contribution in [0.3, 0.4) is 0 Å². The standard InChI is InChI=1S/C20H27NO5/c1-6-12-26-17-10-8-16(13-18(17)24-5)9-11-19(22)21(15(3)4)14-20(23)25-7-2/h6,8-11,13,15H,1,7,12,14H2,2-5H3. The summed E-state index contributed by atoms with van der Waals surface area (Å²) in [6.45, 7) is 9.62. The third-order valence-corrected chi connectivity index (χ3v) is 3.47. The van der Waals surface area contributed by atoms with E-state index in [9.17, 15) is 9.59 Å². The highest BCUT2D eigenvalue weighted by Crippen LogP contribution is 2.28. The SMILES string of the molecule is C=CCOc1ccc(C=CC(=O)N(CC(=O)OCC)C(C)C)cc1OC. The highest BCUT2D eigenvalue weighted by Gasteiger charge is 2.18. The zero-order valence-corrected chi connectivity index (χ0v) is 15.9. The van der Waals surface area contributed by atoms with Crippen LogP contribution < -0.4 is 9.47 Å². The lowest BCUT2D eigenvalue weighted by atomic mass is 10.1. The largest absolute Gasteiger partial charge is 0.493 e. The summed E-state index contributed by atoms with van der Waals surface area (Å²) >= 11 is 0. The maximum atomic E-state index is 12.4. The van der Waals surface area contributed by atoms with Crippen molar-refractivity contribution in [3.63, 3.8) is 0 Å². The summed E-state index contributed by atoms with van der Waals surface area (Å²) in [4.78, 5) is 25.5. The zero-order valence-electron chi connectivity index (χ0n) is 15.9. The Hall–Kier alpha value is -2.76. The lowest BCUT2D eigenvalue weighted by Gasteiger charge is -2.24. The molecule has 0 N–H and O–H groups in total. The second kappa shape index (κ2) is 11.0. The van der Waals surface area contributed by atoms with Crippen molar-refractivity contribution in [1.29, 1.82) is 0 Å². The Balaban J connectivity index is 2.87. The van der Waals surface area contributed by atoms with Gasteiger partial charge in [0.1, 0.15) is 13.2 Å². The summed E-state index contributed by atoms with van der Waals surface area (Å²) in [7, 11) is 1.55. The number of carbonyl (C=O) groups is 2. The van der Waals surface area contributed by atoms with E-state index < -0.39 is 5.97 Å². The van der Waals surface area contributed by atoms with Gasteiger partial charge in [-0.2, -0.15) is 0 Å². The van der Waals surface area contributed by atoms with E-state index in [1.165, 1.54) is 11.0 Å². The number of hydrogen-bond donors (Lipinski definition) is 0. The van der Waals surface area contributed by atoms with Crippen LogP contribution in [-0.2, 0) is 14.3 Å². The molecule has 0 saturated carbocycles. The fourth-order valence-corrected chi connectivity index (χ4v) is 2.18. The van der Waals surface area contributed by atoms with E-state index in [1.54, 1.807) is 38.3 Å². The van der Waals surface area contributed by atoms with Gasteiger partial charge in [0.05, 0.1) is 13.7 Å². The molecule has 0 aromatic heterocycles. The van der Waals surface area contributed by atoms with Crippen LogP contribution in [-0.4, -0.2) is 49.7 Å². The lowest BCUT2D eigenvalue weighted by molar-refractivity contribution is -0.148. The molecule has 0 unspecified atom stereocenters. The van der Waals surface area contributed by atoms with Gasteiger partial charge in [-0.05, 0) is 44.5 Å². The predicted molar refractivity (Wildman–Crippen MR) is 101 cm³/mol. The molecule has 1 aromatic rings. The van der Waals surface area contributed by atoms with Crippen molar-refractivity contribution in [2.45, 2.75) is 26.8 Å². The fraction of sp³-hybridized carbons (Fsp3) is 0.400. The topological polar surface area (TPSA) is 65.1 Å². The number of ether oxygens (including phenoxy) is 3. The van der Waals surface area contributed by atoms with Crippen LogP contribution in [0.1, 0.15) is 26.3 Å². The Bertz CT molecular complexity index is 652. The Morgan fingerprint density at radius 2 is 2.00 bits per heavy atom. The van der Waals surface area contributed by atoms with Gasteiger partial charge >= 0.3 is 5.97 Å². The fourth-order valence-electron chi connectivity index (χ4n) is 2.18. The zero-order chi connectivity index (χ0) is 19.5. The Morgan fingerprint density at radius 3 is 2.58 bits per heavy atom. The van der Waals surface area contributed by atoms with Crippen molar-refractivity contribution < 1.29 is 23.8 Å². The molecule has 0 spiro atoms. The first-order chi connectivity index (χ1) is 12.4. The van der Waals surface area contributed by atoms with Crippen molar-refractivity contribution in [3.05, 3.63) is 42.5 Å². The van der Waals surface area contributed by atoms with E-state index in [-0.39, 0.29) is 25.1 Å². The number of benzene rings is 1. The van der Waals surface area contributed by atoms with Gasteiger partial charge in [0.15, 0.2) is 11.5 Å². The van der Waals surface area contributed by atoms with Crippen LogP contribution in [0.5, 0.6) is 11.5 Å². The maximum absolute atomic E-state index is 12.4. The van der Waals surface area contributed by atoms with Crippen molar-refractivity contribution in [2.75, 3.05) is 26.9 Å². The molecule has 6 nitrogen and oxygen atoms in total. The average molecular weight is 361 g/mol. The molecule has 0 fully saturated rings. The number of carbonyl (C=O) groups excluding carboxylic acids is 2. The first-order valence-electron chi connectivity index (χ1n) is 8.48. The van der Waals surface area contributed by atoms with E-state index in [4.69, 9.17) is 14.2 Å². The molecule has 1 rings (SSSR count). The van der Waals surface area contributed by atoms with Crippen LogP contribution in [0.2, 0.25) is 0 Å². The summed E-state index contributed by atoms with van der Waals surface area (Å²) in [5, 5.41) is 0. The molecule has 0 radical (unpaired) electrons. The Labute approximate surface area is 155 Å². The van der Waals surface area contributed by atoms with Crippen molar-refractivity contribution in [2.24, 2.45) is 0 Å². The quantitative estimate of drug-likeness (QED) is 0.364. The molecule has 0 aliphatic rings. The number of hydrogen-bond acceptors (Lipinski definition) is 5. The van der Waals surface area contributed by atoms with Gasteiger partial charge in [-0.15, -0.1) is 0 Å². The molecule has 6 heteroatoms. The Kier molecular flexibility index (Phi) is 8.98. The van der Waals surface area contributed by atoms with Crippen LogP contribution in [0, 0.1) is 0 Å². The highest BCUT2D eigenvalue weighted by atomic mass is 16.5. The van der Waals surface area contributed by atoms with Crippen molar-refractivity contribution in [3.8, 4) is 11.5 Å². The third kappa shape index (κ3) is 6.63. The molecule has 142 valence electrons. The monoisotopic (exact) mass is 361 g/mol. The second-order valence-corrected chi connectivity index (χ2v) is 5.71. The summed E-state index contributed by atoms with van der Waals surface area (Å²) in [5.41, 5.74) is 0.779. The van der Waals surface area contributed by atoms with Gasteiger partial charge in [-0.3, -0.25) is 9.59 Å². The van der Waals surface area contributed by atoms with Crippen molar-refractivity contribution >= 4 is 18.0 Å². The molecule has 1 aromatic carbocycles. The van der Waals surface area contributed by atoms with E-state index in [0.717, 1.165) is 5.56 Å². The van der Waals surface area contributed by atoms with Crippen LogP contribution in [0.4, 0.5) is 0 Å². The first-order valence-corrected chi connectivity index (χ1v) is 8.48. The van der Waals surface area contributed by atoms with E-state index in [1.807, 2.05) is 19.9 Å². The predicted octanol–water partition coefficient (Wildman–Crippen LogP) is 3.07. The summed E-state index contributed by atoms with van der Waals surface area (Å²) in [6, 6.07) is 5.23. The second-order valence-electron chi connectivity index (χ2n) is 5.71. The van der Waals surface area contributed by atoms with Gasteiger partial charge in [0.2, 0.25) is 5.91 Å². The molecular weight excluding hydrogens is 334 g/mol. The number of esters is 1. The molecule has 0 atom stereocenters. The lowest BCUT2D eigenvalue weighted by Crippen LogP contribution is -2.40. The number of amides is 1. The van der Waals surface area contributed by atoms with Crippen LogP contribution in [0.25, 0.3) is 6.08 Å². The molecule has 0 aliphatic carbocycles. The molecular formula is C20H27NO5. The minimum Gasteiger partial charge on any atom is -0.493 e. The van der Waals surface area contributed by atoms with E-state index >= 15 is 0 Å². The van der Waals surface area contributed by atoms with Gasteiger partial charge in [-0.1, -0.05) is 18.7 Å². The van der Waals surface area contributed by atoms with Crippen LogP contribution in [0.15, 0.2) is 36.9 Å². The summed E-state index contributed by atoms with van der Waals surface area (Å²) < 4.78 is 15.7. The third-order valence-electron chi connectivity index (χ3n) is 3.47. The minimum absolute atomic E-state index is 0.0771. The average Bonchev–Trinajstić information content (AvgIpc) is 2.62. The van der Waals surface area contributed by atoms with Gasteiger partial charge < -0.3 is 19.1 Å². The normalized spacial score (nSPS) is 10.7. The van der Waals surface area contributed by atoms with Crippen molar-refractivity contribution in [1.82, 2.24) is 4.90 Å². The van der Waals surface area contributed by atoms with E-state index in [0.29, 0.717) is 18.1 Å².